The summed E-state index contributed by atoms with van der Waals surface area (Å²) in [5.41, 5.74) is 3.86. The number of aromatic nitrogens is 1. The Morgan fingerprint density at radius 2 is 1.82 bits per heavy atom. The Kier molecular flexibility index (Phi) is 7.50. The van der Waals surface area contributed by atoms with E-state index in [4.69, 9.17) is 4.74 Å². The molecule has 0 bridgehead atoms. The van der Waals surface area contributed by atoms with E-state index in [1.807, 2.05) is 60.7 Å². The van der Waals surface area contributed by atoms with Crippen LogP contribution in [0.1, 0.15) is 28.8 Å². The molecule has 1 unspecified atom stereocenters. The number of methoxy groups -OCH3 is 1. The fourth-order valence-corrected chi connectivity index (χ4v) is 3.96. The number of fused-ring (bicyclic) bond motifs is 1. The molecule has 1 aromatic heterocycles. The van der Waals surface area contributed by atoms with E-state index in [-0.39, 0.29) is 11.9 Å². The Labute approximate surface area is 199 Å². The van der Waals surface area contributed by atoms with Crippen molar-refractivity contribution >= 4 is 34.5 Å². The molecule has 3 aromatic carbocycles. The van der Waals surface area contributed by atoms with Crippen molar-refractivity contribution in [1.29, 1.82) is 0 Å². The SMILES string of the molecule is COc1ccc(NC(CCC(=O)Nc2cccc3cccnc23)Cc2ccccc2)c(C=O)c1. The third-order valence-corrected chi connectivity index (χ3v) is 5.70. The number of hydrogen-bond acceptors (Lipinski definition) is 5. The van der Waals surface area contributed by atoms with Crippen LogP contribution < -0.4 is 15.4 Å². The molecule has 34 heavy (non-hydrogen) atoms. The number of rotatable bonds is 10. The number of anilines is 2. The quantitative estimate of drug-likeness (QED) is 0.310. The second-order valence-electron chi connectivity index (χ2n) is 8.07. The van der Waals surface area contributed by atoms with Gasteiger partial charge in [-0.05, 0) is 48.7 Å². The fourth-order valence-electron chi connectivity index (χ4n) is 3.96. The second kappa shape index (κ2) is 11.1. The topological polar surface area (TPSA) is 80.3 Å². The minimum Gasteiger partial charge on any atom is -0.497 e. The molecule has 0 saturated carbocycles. The minimum atomic E-state index is -0.0802. The van der Waals surface area contributed by atoms with Gasteiger partial charge in [-0.1, -0.05) is 48.5 Å². The van der Waals surface area contributed by atoms with Gasteiger partial charge in [0.1, 0.15) is 5.75 Å². The summed E-state index contributed by atoms with van der Waals surface area (Å²) in [6.07, 6.45) is 4.15. The monoisotopic (exact) mass is 453 g/mol. The summed E-state index contributed by atoms with van der Waals surface area (Å²) in [5.74, 6) is 0.540. The summed E-state index contributed by atoms with van der Waals surface area (Å²) < 4.78 is 5.23. The molecule has 0 aliphatic rings. The van der Waals surface area contributed by atoms with Crippen LogP contribution in [0.5, 0.6) is 5.75 Å². The third kappa shape index (κ3) is 5.78. The van der Waals surface area contributed by atoms with Crippen molar-refractivity contribution in [2.24, 2.45) is 0 Å². The van der Waals surface area contributed by atoms with Crippen LogP contribution in [0.4, 0.5) is 11.4 Å². The summed E-state index contributed by atoms with van der Waals surface area (Å²) in [6, 6.07) is 25.0. The zero-order valence-corrected chi connectivity index (χ0v) is 19.0. The first kappa shape index (κ1) is 23.0. The molecule has 0 aliphatic carbocycles. The van der Waals surface area contributed by atoms with Crippen LogP contribution in [0.15, 0.2) is 85.1 Å². The number of carbonyl (C=O) groups excluding carboxylic acids is 2. The van der Waals surface area contributed by atoms with Crippen molar-refractivity contribution in [3.63, 3.8) is 0 Å². The number of ether oxygens (including phenoxy) is 1. The molecule has 172 valence electrons. The maximum atomic E-state index is 12.8. The van der Waals surface area contributed by atoms with E-state index in [1.54, 1.807) is 19.4 Å². The lowest BCUT2D eigenvalue weighted by atomic mass is 10.0. The zero-order chi connectivity index (χ0) is 23.8. The van der Waals surface area contributed by atoms with Gasteiger partial charge >= 0.3 is 0 Å². The standard InChI is InChI=1S/C28H27N3O3/c1-34-24-13-14-25(22(18-24)19-32)30-23(17-20-7-3-2-4-8-20)12-15-27(33)31-26-11-5-9-21-10-6-16-29-28(21)26/h2-11,13-14,16,18-19,23,30H,12,15,17H2,1H3,(H,31,33). The molecule has 1 amide bonds. The molecule has 0 spiro atoms. The number of aldehydes is 1. The Balaban J connectivity index is 1.48. The fraction of sp³-hybridized carbons (Fsp3) is 0.179. The van der Waals surface area contributed by atoms with E-state index in [0.717, 1.165) is 28.4 Å². The molecule has 0 radical (unpaired) electrons. The summed E-state index contributed by atoms with van der Waals surface area (Å²) >= 11 is 0. The Morgan fingerprint density at radius 1 is 1.00 bits per heavy atom. The van der Waals surface area contributed by atoms with Crippen molar-refractivity contribution < 1.29 is 14.3 Å². The lowest BCUT2D eigenvalue weighted by Gasteiger charge is -2.21. The number of pyridine rings is 1. The number of hydrogen-bond donors (Lipinski definition) is 2. The highest BCUT2D eigenvalue weighted by atomic mass is 16.5. The first-order valence-electron chi connectivity index (χ1n) is 11.2. The second-order valence-corrected chi connectivity index (χ2v) is 8.07. The average molecular weight is 454 g/mol. The molecule has 0 saturated heterocycles. The maximum absolute atomic E-state index is 12.8. The Bertz CT molecular complexity index is 1270. The number of nitrogens with one attached hydrogen (secondary N) is 2. The van der Waals surface area contributed by atoms with Gasteiger partial charge in [0.25, 0.3) is 0 Å². The summed E-state index contributed by atoms with van der Waals surface area (Å²) in [7, 11) is 1.57. The van der Waals surface area contributed by atoms with Gasteiger partial charge in [-0.2, -0.15) is 0 Å². The van der Waals surface area contributed by atoms with Gasteiger partial charge in [0.2, 0.25) is 5.91 Å². The maximum Gasteiger partial charge on any atom is 0.224 e. The van der Waals surface area contributed by atoms with E-state index in [0.29, 0.717) is 36.3 Å². The lowest BCUT2D eigenvalue weighted by Crippen LogP contribution is -2.25. The average Bonchev–Trinajstić information content (AvgIpc) is 2.88. The minimum absolute atomic E-state index is 0.0501. The molecule has 4 rings (SSSR count). The van der Waals surface area contributed by atoms with Gasteiger partial charge in [0.05, 0.1) is 18.3 Å². The van der Waals surface area contributed by atoms with E-state index >= 15 is 0 Å². The molecule has 0 aliphatic heterocycles. The van der Waals surface area contributed by atoms with Gasteiger partial charge in [0.15, 0.2) is 6.29 Å². The highest BCUT2D eigenvalue weighted by molar-refractivity contribution is 6.00. The van der Waals surface area contributed by atoms with Gasteiger partial charge < -0.3 is 15.4 Å². The molecule has 2 N–H and O–H groups in total. The van der Waals surface area contributed by atoms with Gasteiger partial charge in [-0.25, -0.2) is 0 Å². The van der Waals surface area contributed by atoms with Gasteiger partial charge in [-0.15, -0.1) is 0 Å². The van der Waals surface area contributed by atoms with Crippen molar-refractivity contribution in [2.75, 3.05) is 17.7 Å². The van der Waals surface area contributed by atoms with Crippen LogP contribution in [-0.4, -0.2) is 30.3 Å². The molecule has 1 atom stereocenters. The summed E-state index contributed by atoms with van der Waals surface area (Å²) in [4.78, 5) is 28.9. The largest absolute Gasteiger partial charge is 0.497 e. The van der Waals surface area contributed by atoms with Crippen LogP contribution in [0, 0.1) is 0 Å². The Hall–Kier alpha value is -4.19. The predicted octanol–water partition coefficient (Wildman–Crippen LogP) is 5.50. The highest BCUT2D eigenvalue weighted by Gasteiger charge is 2.15. The normalized spacial score (nSPS) is 11.6. The molecule has 6 heteroatoms. The molecule has 0 fully saturated rings. The van der Waals surface area contributed by atoms with Crippen molar-refractivity contribution in [3.05, 3.63) is 96.2 Å². The third-order valence-electron chi connectivity index (χ3n) is 5.70. The molecular formula is C28H27N3O3. The van der Waals surface area contributed by atoms with E-state index in [1.165, 1.54) is 0 Å². The highest BCUT2D eigenvalue weighted by Crippen LogP contribution is 2.24. The smallest absolute Gasteiger partial charge is 0.224 e. The van der Waals surface area contributed by atoms with Crippen molar-refractivity contribution in [2.45, 2.75) is 25.3 Å². The van der Waals surface area contributed by atoms with E-state index in [2.05, 4.69) is 27.8 Å². The van der Waals surface area contributed by atoms with Crippen LogP contribution in [-0.2, 0) is 11.2 Å². The van der Waals surface area contributed by atoms with Crippen molar-refractivity contribution in [1.82, 2.24) is 4.98 Å². The summed E-state index contributed by atoms with van der Waals surface area (Å²) in [5, 5.41) is 7.45. The van der Waals surface area contributed by atoms with Crippen LogP contribution >= 0.6 is 0 Å². The molecule has 6 nitrogen and oxygen atoms in total. The number of carbonyl (C=O) groups is 2. The molecule has 4 aromatic rings. The number of para-hydroxylation sites is 1. The van der Waals surface area contributed by atoms with Gasteiger partial charge in [-0.3, -0.25) is 14.6 Å². The number of nitrogens with zero attached hydrogens (tertiary/aromatic N) is 1. The van der Waals surface area contributed by atoms with Gasteiger partial charge in [0, 0.05) is 35.3 Å². The zero-order valence-electron chi connectivity index (χ0n) is 19.0. The first-order valence-corrected chi connectivity index (χ1v) is 11.2. The number of benzene rings is 3. The number of amides is 1. The van der Waals surface area contributed by atoms with Crippen molar-refractivity contribution in [3.8, 4) is 5.75 Å². The van der Waals surface area contributed by atoms with Crippen LogP contribution in [0.2, 0.25) is 0 Å². The predicted molar refractivity (Wildman–Crippen MR) is 136 cm³/mol. The van der Waals surface area contributed by atoms with E-state index < -0.39 is 0 Å². The van der Waals surface area contributed by atoms with Crippen LogP contribution in [0.25, 0.3) is 10.9 Å². The lowest BCUT2D eigenvalue weighted by molar-refractivity contribution is -0.116. The molecular weight excluding hydrogens is 426 g/mol. The molecule has 1 heterocycles. The first-order chi connectivity index (χ1) is 16.7. The van der Waals surface area contributed by atoms with E-state index in [9.17, 15) is 9.59 Å². The van der Waals surface area contributed by atoms with Crippen LogP contribution in [0.3, 0.4) is 0 Å². The Morgan fingerprint density at radius 3 is 2.62 bits per heavy atom. The summed E-state index contributed by atoms with van der Waals surface area (Å²) in [6.45, 7) is 0.